The fourth-order valence-electron chi connectivity index (χ4n) is 3.89. The van der Waals surface area contributed by atoms with Gasteiger partial charge in [0.15, 0.2) is 0 Å². The second-order valence-corrected chi connectivity index (χ2v) is 10.5. The SMILES string of the molecule is N[C@@H](C(=O)NC1C(=O)N2C(C(=O)O)=C(CSc3n[nH]c(CC(=O)O)n3)CS[C@H]12)c1ccc(NCC(=O)O)cc1. The number of nitrogens with two attached hydrogens (primary N) is 1. The van der Waals surface area contributed by atoms with Crippen molar-refractivity contribution in [2.24, 2.45) is 5.73 Å². The van der Waals surface area contributed by atoms with E-state index in [1.807, 2.05) is 0 Å². The summed E-state index contributed by atoms with van der Waals surface area (Å²) in [7, 11) is 0. The van der Waals surface area contributed by atoms with Crippen LogP contribution in [0, 0.1) is 0 Å². The van der Waals surface area contributed by atoms with Crippen LogP contribution < -0.4 is 16.4 Å². The van der Waals surface area contributed by atoms with Crippen LogP contribution in [-0.2, 0) is 30.4 Å². The van der Waals surface area contributed by atoms with Crippen molar-refractivity contribution < 1.29 is 39.3 Å². The quantitative estimate of drug-likeness (QED) is 0.124. The average Bonchev–Trinajstić information content (AvgIpc) is 3.34. The molecule has 1 fully saturated rings. The first-order valence-corrected chi connectivity index (χ1v) is 13.4. The van der Waals surface area contributed by atoms with Crippen molar-refractivity contribution in [3.8, 4) is 0 Å². The third kappa shape index (κ3) is 6.32. The Morgan fingerprint density at radius 2 is 1.90 bits per heavy atom. The summed E-state index contributed by atoms with van der Waals surface area (Å²) >= 11 is 2.40. The third-order valence-electron chi connectivity index (χ3n) is 5.75. The lowest BCUT2D eigenvalue weighted by Gasteiger charge is -2.49. The highest BCUT2D eigenvalue weighted by Crippen LogP contribution is 2.41. The lowest BCUT2D eigenvalue weighted by atomic mass is 10.0. The van der Waals surface area contributed by atoms with Crippen molar-refractivity contribution in [3.05, 3.63) is 46.9 Å². The normalized spacial score (nSPS) is 19.1. The number of carbonyl (C=O) groups is 5. The van der Waals surface area contributed by atoms with Gasteiger partial charge >= 0.3 is 17.9 Å². The number of β-lactam (4-membered cyclic amide) rings is 1. The number of carbonyl (C=O) groups excluding carboxylic acids is 2. The summed E-state index contributed by atoms with van der Waals surface area (Å²) in [5.74, 6) is -3.99. The van der Waals surface area contributed by atoms with Crippen LogP contribution in [0.5, 0.6) is 0 Å². The molecule has 2 aliphatic heterocycles. The maximum atomic E-state index is 12.9. The van der Waals surface area contributed by atoms with E-state index in [1.165, 1.54) is 11.8 Å². The molecule has 4 rings (SSSR count). The minimum Gasteiger partial charge on any atom is -0.481 e. The van der Waals surface area contributed by atoms with Crippen molar-refractivity contribution >= 4 is 58.9 Å². The van der Waals surface area contributed by atoms with Gasteiger partial charge in [-0.15, -0.1) is 16.9 Å². The number of benzene rings is 1. The molecule has 0 radical (unpaired) electrons. The number of carboxylic acid groups (broad SMARTS) is 3. The first kappa shape index (κ1) is 27.9. The van der Waals surface area contributed by atoms with Crippen LogP contribution in [0.1, 0.15) is 17.4 Å². The lowest BCUT2D eigenvalue weighted by Crippen LogP contribution is -2.71. The largest absolute Gasteiger partial charge is 0.481 e. The number of anilines is 1. The molecule has 1 saturated heterocycles. The number of hydrogen-bond acceptors (Lipinski definition) is 11. The molecule has 39 heavy (non-hydrogen) atoms. The molecule has 1 aromatic carbocycles. The number of thioether (sulfide) groups is 2. The van der Waals surface area contributed by atoms with E-state index in [1.54, 1.807) is 24.3 Å². The van der Waals surface area contributed by atoms with Crippen molar-refractivity contribution in [3.63, 3.8) is 0 Å². The van der Waals surface area contributed by atoms with E-state index in [0.717, 1.165) is 16.7 Å². The summed E-state index contributed by atoms with van der Waals surface area (Å²) in [5.41, 5.74) is 7.33. The molecule has 0 spiro atoms. The highest BCUT2D eigenvalue weighted by molar-refractivity contribution is 8.01. The molecule has 3 heterocycles. The van der Waals surface area contributed by atoms with Gasteiger partial charge in [0.05, 0.1) is 0 Å². The number of aromatic nitrogens is 3. The molecule has 2 aliphatic rings. The molecule has 0 aliphatic carbocycles. The Hall–Kier alpha value is -4.09. The van der Waals surface area contributed by atoms with E-state index in [-0.39, 0.29) is 41.1 Å². The number of aliphatic carboxylic acids is 3. The Morgan fingerprint density at radius 1 is 1.18 bits per heavy atom. The molecule has 2 aromatic rings. The molecule has 2 amide bonds. The molecule has 17 heteroatoms. The zero-order valence-electron chi connectivity index (χ0n) is 20.0. The van der Waals surface area contributed by atoms with Crippen molar-refractivity contribution in [1.82, 2.24) is 25.4 Å². The van der Waals surface area contributed by atoms with E-state index in [9.17, 15) is 29.1 Å². The highest BCUT2D eigenvalue weighted by atomic mass is 32.2. The number of H-pyrrole nitrogens is 1. The van der Waals surface area contributed by atoms with E-state index >= 15 is 0 Å². The molecule has 3 atom stereocenters. The molecule has 1 aromatic heterocycles. The van der Waals surface area contributed by atoms with Crippen molar-refractivity contribution in [2.75, 3.05) is 23.4 Å². The second kappa shape index (κ2) is 11.7. The van der Waals surface area contributed by atoms with Gasteiger partial charge in [0.2, 0.25) is 11.1 Å². The number of carboxylic acids is 3. The van der Waals surface area contributed by atoms with Gasteiger partial charge in [-0.25, -0.2) is 9.78 Å². The Labute approximate surface area is 228 Å². The second-order valence-electron chi connectivity index (χ2n) is 8.42. The smallest absolute Gasteiger partial charge is 0.352 e. The van der Waals surface area contributed by atoms with E-state index < -0.39 is 47.2 Å². The summed E-state index contributed by atoms with van der Waals surface area (Å²) in [6, 6.07) is 4.21. The maximum Gasteiger partial charge on any atom is 0.352 e. The van der Waals surface area contributed by atoms with Crippen LogP contribution >= 0.6 is 23.5 Å². The van der Waals surface area contributed by atoms with Crippen LogP contribution in [0.2, 0.25) is 0 Å². The standard InChI is InChI=1S/C22H23N7O8S2/c23-15(9-1-3-11(4-2-9)24-6-14(32)33)18(34)26-16-19(35)29-17(21(36)37)10(7-38-20(16)29)8-39-22-25-12(27-28-22)5-13(30)31/h1-4,15-16,20,24H,5-8,23H2,(H,26,34)(H,30,31)(H,32,33)(H,36,37)(H,25,27,28)/t15-,16?,20-/m1/s1. The van der Waals surface area contributed by atoms with Gasteiger partial charge in [-0.3, -0.25) is 29.2 Å². The van der Waals surface area contributed by atoms with Crippen LogP contribution in [0.25, 0.3) is 0 Å². The number of hydrogen-bond donors (Lipinski definition) is 7. The van der Waals surface area contributed by atoms with Crippen LogP contribution in [0.4, 0.5) is 5.69 Å². The molecule has 0 bridgehead atoms. The summed E-state index contributed by atoms with van der Waals surface area (Å²) in [6.45, 7) is -0.272. The van der Waals surface area contributed by atoms with Crippen molar-refractivity contribution in [2.45, 2.75) is 29.0 Å². The van der Waals surface area contributed by atoms with Gasteiger partial charge in [0.1, 0.15) is 41.9 Å². The number of amides is 2. The van der Waals surface area contributed by atoms with Gasteiger partial charge < -0.3 is 31.7 Å². The van der Waals surface area contributed by atoms with Gasteiger partial charge in [-0.1, -0.05) is 23.9 Å². The zero-order valence-corrected chi connectivity index (χ0v) is 21.6. The zero-order chi connectivity index (χ0) is 28.3. The van der Waals surface area contributed by atoms with Gasteiger partial charge in [0, 0.05) is 17.2 Å². The maximum absolute atomic E-state index is 12.9. The highest BCUT2D eigenvalue weighted by Gasteiger charge is 2.54. The molecule has 1 unspecified atom stereocenters. The number of aromatic amines is 1. The number of fused-ring (bicyclic) bond motifs is 1. The summed E-state index contributed by atoms with van der Waals surface area (Å²) in [5, 5.41) is 38.8. The Kier molecular flexibility index (Phi) is 8.41. The molecule has 0 saturated carbocycles. The van der Waals surface area contributed by atoms with Gasteiger partial charge in [-0.2, -0.15) is 0 Å². The topological polar surface area (TPSA) is 241 Å². The Morgan fingerprint density at radius 3 is 2.54 bits per heavy atom. The Bertz CT molecular complexity index is 1350. The van der Waals surface area contributed by atoms with E-state index in [0.29, 0.717) is 16.8 Å². The monoisotopic (exact) mass is 577 g/mol. The minimum atomic E-state index is -1.29. The molecular weight excluding hydrogens is 554 g/mol. The fraction of sp³-hybridized carbons (Fsp3) is 0.318. The minimum absolute atomic E-state index is 0.161. The van der Waals surface area contributed by atoms with Crippen molar-refractivity contribution in [1.29, 1.82) is 0 Å². The van der Waals surface area contributed by atoms with E-state index in [2.05, 4.69) is 25.8 Å². The first-order chi connectivity index (χ1) is 18.5. The first-order valence-electron chi connectivity index (χ1n) is 11.3. The number of rotatable bonds is 12. The van der Waals surface area contributed by atoms with Gasteiger partial charge in [0.25, 0.3) is 5.91 Å². The summed E-state index contributed by atoms with van der Waals surface area (Å²) in [4.78, 5) is 64.4. The van der Waals surface area contributed by atoms with Crippen LogP contribution in [0.15, 0.2) is 40.7 Å². The Balaban J connectivity index is 1.38. The number of nitrogens with one attached hydrogen (secondary N) is 3. The fourth-order valence-corrected chi connectivity index (χ4v) is 6.19. The molecule has 8 N–H and O–H groups in total. The molecule has 15 nitrogen and oxygen atoms in total. The summed E-state index contributed by atoms with van der Waals surface area (Å²) < 4.78 is 0. The van der Waals surface area contributed by atoms with Crippen LogP contribution in [0.3, 0.4) is 0 Å². The molecular formula is C22H23N7O8S2. The van der Waals surface area contributed by atoms with E-state index in [4.69, 9.17) is 15.9 Å². The van der Waals surface area contributed by atoms with Gasteiger partial charge in [-0.05, 0) is 23.3 Å². The summed E-state index contributed by atoms with van der Waals surface area (Å²) in [6.07, 6.45) is -0.331. The van der Waals surface area contributed by atoms with Crippen LogP contribution in [-0.4, -0.2) is 94.6 Å². The molecule has 206 valence electrons. The lowest BCUT2D eigenvalue weighted by molar-refractivity contribution is -0.150. The third-order valence-corrected chi connectivity index (χ3v) is 8.02. The predicted molar refractivity (Wildman–Crippen MR) is 138 cm³/mol. The average molecular weight is 578 g/mol. The number of nitrogens with zero attached hydrogens (tertiary/aromatic N) is 3. The predicted octanol–water partition coefficient (Wildman–Crippen LogP) is -0.541.